The summed E-state index contributed by atoms with van der Waals surface area (Å²) < 4.78 is 14.7. The fourth-order valence-electron chi connectivity index (χ4n) is 2.98. The molecule has 0 bridgehead atoms. The number of nitrogens with zero attached hydrogens (tertiary/aromatic N) is 3. The van der Waals surface area contributed by atoms with Crippen LogP contribution in [0.4, 0.5) is 9.52 Å². The largest absolute Gasteiger partial charge is 0.302 e. The highest BCUT2D eigenvalue weighted by Gasteiger charge is 2.22. The number of halogens is 2. The Labute approximate surface area is 175 Å². The molecule has 0 unspecified atom stereocenters. The van der Waals surface area contributed by atoms with Gasteiger partial charge in [0.15, 0.2) is 5.13 Å². The van der Waals surface area contributed by atoms with Crippen molar-refractivity contribution in [2.45, 2.75) is 20.8 Å². The molecule has 1 aromatic heterocycles. The maximum atomic E-state index is 13.6. The quantitative estimate of drug-likeness (QED) is 0.529. The molecule has 0 saturated carbocycles. The lowest BCUT2D eigenvalue weighted by atomic mass is 10.2. The number of benzene rings is 2. The summed E-state index contributed by atoms with van der Waals surface area (Å²) in [6.07, 6.45) is 0. The molecular formula is C21H25ClFN3OS. The van der Waals surface area contributed by atoms with E-state index in [1.165, 1.54) is 23.5 Å². The molecule has 3 rings (SSSR count). The molecule has 1 amide bonds. The van der Waals surface area contributed by atoms with Gasteiger partial charge in [-0.05, 0) is 55.9 Å². The highest BCUT2D eigenvalue weighted by Crippen LogP contribution is 2.30. The number of fused-ring (bicyclic) bond motifs is 1. The van der Waals surface area contributed by atoms with Gasteiger partial charge >= 0.3 is 0 Å². The van der Waals surface area contributed by atoms with Gasteiger partial charge in [0.25, 0.3) is 5.91 Å². The maximum absolute atomic E-state index is 13.6. The molecule has 1 heterocycles. The smallest absolute Gasteiger partial charge is 0.260 e. The van der Waals surface area contributed by atoms with Crippen molar-refractivity contribution >= 4 is 45.0 Å². The van der Waals surface area contributed by atoms with E-state index in [1.54, 1.807) is 17.0 Å². The van der Waals surface area contributed by atoms with E-state index in [0.29, 0.717) is 17.2 Å². The van der Waals surface area contributed by atoms with Gasteiger partial charge in [-0.15, -0.1) is 12.4 Å². The lowest BCUT2D eigenvalue weighted by Gasteiger charge is -2.24. The second-order valence-electron chi connectivity index (χ2n) is 6.46. The van der Waals surface area contributed by atoms with Crippen LogP contribution in [0.5, 0.6) is 0 Å². The first-order chi connectivity index (χ1) is 13.0. The Hall–Kier alpha value is -2.02. The summed E-state index contributed by atoms with van der Waals surface area (Å²) in [6.45, 7) is 9.31. The number of aromatic nitrogens is 1. The summed E-state index contributed by atoms with van der Waals surface area (Å²) >= 11 is 1.50. The SMILES string of the molecule is CCN(CC)CCN(C(=O)c1cccc(F)c1)c1nc2ccc(C)cc2s1.Cl. The van der Waals surface area contributed by atoms with E-state index in [2.05, 4.69) is 29.8 Å². The summed E-state index contributed by atoms with van der Waals surface area (Å²) in [6, 6.07) is 11.9. The normalized spacial score (nSPS) is 10.9. The van der Waals surface area contributed by atoms with Crippen LogP contribution in [0.25, 0.3) is 10.2 Å². The van der Waals surface area contributed by atoms with Crippen molar-refractivity contribution in [1.29, 1.82) is 0 Å². The van der Waals surface area contributed by atoms with Gasteiger partial charge in [0, 0.05) is 18.7 Å². The maximum Gasteiger partial charge on any atom is 0.260 e. The van der Waals surface area contributed by atoms with Gasteiger partial charge in [-0.2, -0.15) is 0 Å². The lowest BCUT2D eigenvalue weighted by Crippen LogP contribution is -2.38. The second-order valence-corrected chi connectivity index (χ2v) is 7.47. The first kappa shape index (κ1) is 22.3. The molecule has 0 spiro atoms. The van der Waals surface area contributed by atoms with Gasteiger partial charge in [0.2, 0.25) is 0 Å². The summed E-state index contributed by atoms with van der Waals surface area (Å²) in [5, 5.41) is 0.650. The van der Waals surface area contributed by atoms with Crippen molar-refractivity contribution in [3.63, 3.8) is 0 Å². The Morgan fingerprint density at radius 2 is 1.86 bits per heavy atom. The Bertz CT molecular complexity index is 942. The number of thiazole rings is 1. The number of anilines is 1. The molecule has 2 aromatic carbocycles. The number of likely N-dealkylation sites (N-methyl/N-ethyl adjacent to an activating group) is 1. The van der Waals surface area contributed by atoms with Gasteiger partial charge in [0.05, 0.1) is 10.2 Å². The topological polar surface area (TPSA) is 36.4 Å². The van der Waals surface area contributed by atoms with E-state index >= 15 is 0 Å². The minimum atomic E-state index is -0.413. The van der Waals surface area contributed by atoms with Crippen molar-refractivity contribution in [2.75, 3.05) is 31.1 Å². The first-order valence-electron chi connectivity index (χ1n) is 9.18. The minimum absolute atomic E-state index is 0. The monoisotopic (exact) mass is 421 g/mol. The predicted octanol–water partition coefficient (Wildman–Crippen LogP) is 5.15. The van der Waals surface area contributed by atoms with Crippen LogP contribution in [0, 0.1) is 12.7 Å². The van der Waals surface area contributed by atoms with Crippen LogP contribution in [0.15, 0.2) is 42.5 Å². The molecule has 150 valence electrons. The van der Waals surface area contributed by atoms with E-state index in [-0.39, 0.29) is 18.3 Å². The molecule has 7 heteroatoms. The number of hydrogen-bond acceptors (Lipinski definition) is 4. The molecule has 0 saturated heterocycles. The van der Waals surface area contributed by atoms with Crippen LogP contribution in [-0.2, 0) is 0 Å². The molecule has 0 aliphatic heterocycles. The standard InChI is InChI=1S/C21H24FN3OS.ClH/c1-4-24(5-2)11-12-25(20(26)16-7-6-8-17(22)14-16)21-23-18-10-9-15(3)13-19(18)27-21;/h6-10,13-14H,4-5,11-12H2,1-3H3;1H. The van der Waals surface area contributed by atoms with E-state index in [0.717, 1.165) is 35.4 Å². The van der Waals surface area contributed by atoms with Crippen molar-refractivity contribution in [1.82, 2.24) is 9.88 Å². The zero-order valence-corrected chi connectivity index (χ0v) is 17.9. The van der Waals surface area contributed by atoms with Crippen LogP contribution >= 0.6 is 23.7 Å². The highest BCUT2D eigenvalue weighted by atomic mass is 35.5. The van der Waals surface area contributed by atoms with E-state index in [4.69, 9.17) is 0 Å². The van der Waals surface area contributed by atoms with Crippen LogP contribution in [0.2, 0.25) is 0 Å². The predicted molar refractivity (Wildman–Crippen MR) is 117 cm³/mol. The average Bonchev–Trinajstić information content (AvgIpc) is 3.07. The third-order valence-corrected chi connectivity index (χ3v) is 5.66. The molecule has 0 atom stereocenters. The van der Waals surface area contributed by atoms with Crippen LogP contribution < -0.4 is 4.90 Å². The molecule has 0 radical (unpaired) electrons. The van der Waals surface area contributed by atoms with Gasteiger partial charge in [-0.25, -0.2) is 9.37 Å². The third kappa shape index (κ3) is 5.07. The number of aryl methyl sites for hydroxylation is 1. The molecular weight excluding hydrogens is 397 g/mol. The Balaban J connectivity index is 0.00000280. The third-order valence-electron chi connectivity index (χ3n) is 4.61. The molecule has 28 heavy (non-hydrogen) atoms. The molecule has 0 fully saturated rings. The molecule has 3 aromatic rings. The van der Waals surface area contributed by atoms with E-state index in [1.807, 2.05) is 19.1 Å². The fraction of sp³-hybridized carbons (Fsp3) is 0.333. The van der Waals surface area contributed by atoms with Gasteiger partial charge in [0.1, 0.15) is 5.82 Å². The molecule has 4 nitrogen and oxygen atoms in total. The van der Waals surface area contributed by atoms with Crippen LogP contribution in [0.1, 0.15) is 29.8 Å². The van der Waals surface area contributed by atoms with E-state index < -0.39 is 5.82 Å². The van der Waals surface area contributed by atoms with Crippen molar-refractivity contribution in [3.8, 4) is 0 Å². The lowest BCUT2D eigenvalue weighted by molar-refractivity contribution is 0.0983. The number of amides is 1. The number of rotatable bonds is 7. The van der Waals surface area contributed by atoms with Crippen LogP contribution in [0.3, 0.4) is 0 Å². The van der Waals surface area contributed by atoms with Crippen molar-refractivity contribution in [2.24, 2.45) is 0 Å². The number of carbonyl (C=O) groups is 1. The minimum Gasteiger partial charge on any atom is -0.302 e. The second kappa shape index (κ2) is 9.96. The zero-order chi connectivity index (χ0) is 19.4. The molecule has 0 N–H and O–H groups in total. The molecule has 0 aliphatic rings. The Kier molecular flexibility index (Phi) is 7.92. The summed E-state index contributed by atoms with van der Waals surface area (Å²) in [7, 11) is 0. The fourth-order valence-corrected chi connectivity index (χ4v) is 4.07. The zero-order valence-electron chi connectivity index (χ0n) is 16.3. The summed E-state index contributed by atoms with van der Waals surface area (Å²) in [4.78, 5) is 21.7. The van der Waals surface area contributed by atoms with Gasteiger partial charge in [-0.3, -0.25) is 9.69 Å². The summed E-state index contributed by atoms with van der Waals surface area (Å²) in [5.74, 6) is -0.637. The Morgan fingerprint density at radius 3 is 2.54 bits per heavy atom. The average molecular weight is 422 g/mol. The Morgan fingerprint density at radius 1 is 1.11 bits per heavy atom. The molecule has 0 aliphatic carbocycles. The van der Waals surface area contributed by atoms with E-state index in [9.17, 15) is 9.18 Å². The first-order valence-corrected chi connectivity index (χ1v) is 10.0. The number of hydrogen-bond donors (Lipinski definition) is 0. The van der Waals surface area contributed by atoms with Gasteiger partial charge < -0.3 is 4.90 Å². The highest BCUT2D eigenvalue weighted by molar-refractivity contribution is 7.22. The van der Waals surface area contributed by atoms with Crippen molar-refractivity contribution in [3.05, 3.63) is 59.4 Å². The summed E-state index contributed by atoms with van der Waals surface area (Å²) in [5.41, 5.74) is 2.37. The number of carbonyl (C=O) groups excluding carboxylic acids is 1. The van der Waals surface area contributed by atoms with Gasteiger partial charge in [-0.1, -0.05) is 37.3 Å². The van der Waals surface area contributed by atoms with Crippen molar-refractivity contribution < 1.29 is 9.18 Å². The van der Waals surface area contributed by atoms with Crippen LogP contribution in [-0.4, -0.2) is 42.0 Å².